The Bertz CT molecular complexity index is 986. The molecule has 3 aromatic rings. The van der Waals surface area contributed by atoms with Gasteiger partial charge in [-0.3, -0.25) is 0 Å². The minimum absolute atomic E-state index is 0.440. The molecule has 2 aromatic carbocycles. The van der Waals surface area contributed by atoms with Crippen molar-refractivity contribution >= 4 is 33.4 Å². The lowest BCUT2D eigenvalue weighted by Crippen LogP contribution is -2.18. The summed E-state index contributed by atoms with van der Waals surface area (Å²) in [6.45, 7) is 2.53. The number of anilines is 1. The Balaban J connectivity index is 1.87. The summed E-state index contributed by atoms with van der Waals surface area (Å²) in [7, 11) is 0. The molecule has 27 heavy (non-hydrogen) atoms. The first-order valence-corrected chi connectivity index (χ1v) is 10.4. The zero-order chi connectivity index (χ0) is 18.8. The lowest BCUT2D eigenvalue weighted by molar-refractivity contribution is 0.217. The molecule has 6 nitrogen and oxygen atoms in total. The quantitative estimate of drug-likeness (QED) is 0.572. The Morgan fingerprint density at radius 2 is 2.07 bits per heavy atom. The molecule has 0 amide bonds. The van der Waals surface area contributed by atoms with Crippen LogP contribution in [0.15, 0.2) is 52.1 Å². The molecule has 1 aliphatic rings. The van der Waals surface area contributed by atoms with E-state index in [2.05, 4.69) is 36.4 Å². The standard InChI is InChI=1S/C19H17BrN4O2S/c1-3-25-15-7-5-4-6-12(15)17-21-14-9-8-11(20)10-13(14)16-18(26-17)22-19(27-2)24-23-16/h4-10,17,21H,3H2,1-2H3/t17-/m0/s1. The number of rotatable bonds is 4. The normalized spacial score (nSPS) is 15.0. The average molecular weight is 445 g/mol. The molecule has 4 rings (SSSR count). The van der Waals surface area contributed by atoms with Crippen molar-refractivity contribution in [1.82, 2.24) is 15.2 Å². The lowest BCUT2D eigenvalue weighted by atomic mass is 10.1. The highest BCUT2D eigenvalue weighted by Crippen LogP contribution is 2.42. The van der Waals surface area contributed by atoms with E-state index in [0.29, 0.717) is 23.3 Å². The van der Waals surface area contributed by atoms with Crippen LogP contribution in [-0.4, -0.2) is 28.0 Å². The molecule has 0 unspecified atom stereocenters. The van der Waals surface area contributed by atoms with Crippen molar-refractivity contribution in [2.45, 2.75) is 18.3 Å². The van der Waals surface area contributed by atoms with E-state index in [9.17, 15) is 0 Å². The Hall–Kier alpha value is -2.32. The van der Waals surface area contributed by atoms with Crippen molar-refractivity contribution in [3.63, 3.8) is 0 Å². The molecular weight excluding hydrogens is 428 g/mol. The van der Waals surface area contributed by atoms with E-state index in [4.69, 9.17) is 9.47 Å². The van der Waals surface area contributed by atoms with Gasteiger partial charge in [0.25, 0.3) is 0 Å². The van der Waals surface area contributed by atoms with E-state index in [1.165, 1.54) is 11.8 Å². The predicted octanol–water partition coefficient (Wildman–Crippen LogP) is 4.92. The summed E-state index contributed by atoms with van der Waals surface area (Å²) in [4.78, 5) is 4.54. The highest BCUT2D eigenvalue weighted by molar-refractivity contribution is 9.10. The number of halogens is 1. The summed E-state index contributed by atoms with van der Waals surface area (Å²) >= 11 is 4.95. The van der Waals surface area contributed by atoms with Gasteiger partial charge in [-0.05, 0) is 43.5 Å². The summed E-state index contributed by atoms with van der Waals surface area (Å²) in [5.41, 5.74) is 3.27. The van der Waals surface area contributed by atoms with E-state index in [-0.39, 0.29) is 0 Å². The smallest absolute Gasteiger partial charge is 0.247 e. The minimum Gasteiger partial charge on any atom is -0.493 e. The zero-order valence-corrected chi connectivity index (χ0v) is 17.2. The van der Waals surface area contributed by atoms with Gasteiger partial charge in [-0.1, -0.05) is 39.8 Å². The number of nitrogens with one attached hydrogen (secondary N) is 1. The molecule has 1 N–H and O–H groups in total. The lowest BCUT2D eigenvalue weighted by Gasteiger charge is -2.21. The second-order valence-electron chi connectivity index (χ2n) is 5.76. The predicted molar refractivity (Wildman–Crippen MR) is 109 cm³/mol. The summed E-state index contributed by atoms with van der Waals surface area (Å²) < 4.78 is 13.0. The van der Waals surface area contributed by atoms with Crippen LogP contribution in [0.4, 0.5) is 5.69 Å². The number of benzene rings is 2. The largest absolute Gasteiger partial charge is 0.493 e. The maximum Gasteiger partial charge on any atom is 0.247 e. The highest BCUT2D eigenvalue weighted by Gasteiger charge is 2.28. The number of thioether (sulfide) groups is 1. The van der Waals surface area contributed by atoms with E-state index in [1.807, 2.05) is 55.6 Å². The third-order valence-electron chi connectivity index (χ3n) is 4.07. The van der Waals surface area contributed by atoms with E-state index < -0.39 is 6.23 Å². The maximum atomic E-state index is 6.26. The zero-order valence-electron chi connectivity index (χ0n) is 14.8. The molecule has 2 heterocycles. The third kappa shape index (κ3) is 3.59. The molecule has 0 aliphatic carbocycles. The van der Waals surface area contributed by atoms with Crippen molar-refractivity contribution in [2.75, 3.05) is 18.2 Å². The average Bonchev–Trinajstić information content (AvgIpc) is 2.84. The molecule has 0 saturated carbocycles. The van der Waals surface area contributed by atoms with Crippen LogP contribution in [0.3, 0.4) is 0 Å². The van der Waals surface area contributed by atoms with Crippen LogP contribution in [0.5, 0.6) is 11.6 Å². The van der Waals surface area contributed by atoms with Gasteiger partial charge in [0.05, 0.1) is 12.2 Å². The first-order valence-electron chi connectivity index (χ1n) is 8.43. The van der Waals surface area contributed by atoms with E-state index in [1.54, 1.807) is 0 Å². The van der Waals surface area contributed by atoms with Crippen LogP contribution in [0.25, 0.3) is 11.3 Å². The number of hydrogen-bond acceptors (Lipinski definition) is 7. The molecule has 1 atom stereocenters. The van der Waals surface area contributed by atoms with Crippen molar-refractivity contribution in [1.29, 1.82) is 0 Å². The summed E-state index contributed by atoms with van der Waals surface area (Å²) in [6, 6.07) is 13.8. The Labute approximate surface area is 169 Å². The van der Waals surface area contributed by atoms with Gasteiger partial charge in [-0.15, -0.1) is 10.2 Å². The summed E-state index contributed by atoms with van der Waals surface area (Å²) in [6.07, 6.45) is 1.44. The molecule has 1 aromatic heterocycles. The first-order chi connectivity index (χ1) is 13.2. The van der Waals surface area contributed by atoms with Crippen LogP contribution in [0.1, 0.15) is 18.7 Å². The Morgan fingerprint density at radius 1 is 1.22 bits per heavy atom. The van der Waals surface area contributed by atoms with Gasteiger partial charge in [0, 0.05) is 15.7 Å². The molecule has 1 aliphatic heterocycles. The number of nitrogens with zero attached hydrogens (tertiary/aromatic N) is 3. The van der Waals surface area contributed by atoms with E-state index >= 15 is 0 Å². The van der Waals surface area contributed by atoms with Gasteiger partial charge < -0.3 is 14.8 Å². The van der Waals surface area contributed by atoms with Crippen molar-refractivity contribution in [3.05, 3.63) is 52.5 Å². The topological polar surface area (TPSA) is 69.2 Å². The fourth-order valence-corrected chi connectivity index (χ4v) is 3.54. The first kappa shape index (κ1) is 18.1. The van der Waals surface area contributed by atoms with Gasteiger partial charge in [-0.2, -0.15) is 4.98 Å². The number of hydrogen-bond donors (Lipinski definition) is 1. The van der Waals surface area contributed by atoms with Crippen molar-refractivity contribution in [2.24, 2.45) is 0 Å². The fourth-order valence-electron chi connectivity index (χ4n) is 2.88. The fraction of sp³-hybridized carbons (Fsp3) is 0.211. The molecule has 8 heteroatoms. The molecule has 0 bridgehead atoms. The van der Waals surface area contributed by atoms with Crippen LogP contribution in [-0.2, 0) is 0 Å². The number of fused-ring (bicyclic) bond motifs is 3. The second kappa shape index (κ2) is 7.74. The van der Waals surface area contributed by atoms with Crippen molar-refractivity contribution < 1.29 is 9.47 Å². The van der Waals surface area contributed by atoms with Crippen LogP contribution in [0, 0.1) is 0 Å². The summed E-state index contributed by atoms with van der Waals surface area (Å²) in [5, 5.41) is 12.6. The number of aromatic nitrogens is 3. The molecule has 0 saturated heterocycles. The van der Waals surface area contributed by atoms with Gasteiger partial charge in [-0.25, -0.2) is 0 Å². The van der Waals surface area contributed by atoms with Gasteiger partial charge in [0.15, 0.2) is 5.69 Å². The molecular formula is C19H17BrN4O2S. The Kier molecular flexibility index (Phi) is 5.18. The van der Waals surface area contributed by atoms with Crippen LogP contribution >= 0.6 is 27.7 Å². The minimum atomic E-state index is -0.472. The van der Waals surface area contributed by atoms with Crippen molar-refractivity contribution in [3.8, 4) is 22.9 Å². The van der Waals surface area contributed by atoms with Gasteiger partial charge >= 0.3 is 0 Å². The monoisotopic (exact) mass is 444 g/mol. The van der Waals surface area contributed by atoms with Crippen LogP contribution in [0.2, 0.25) is 0 Å². The second-order valence-corrected chi connectivity index (χ2v) is 7.44. The molecule has 0 radical (unpaired) electrons. The number of para-hydroxylation sites is 1. The summed E-state index contributed by atoms with van der Waals surface area (Å²) in [5.74, 6) is 1.21. The molecule has 0 spiro atoms. The molecule has 138 valence electrons. The molecule has 0 fully saturated rings. The number of ether oxygens (including phenoxy) is 2. The van der Waals surface area contributed by atoms with Gasteiger partial charge in [0.2, 0.25) is 17.3 Å². The maximum absolute atomic E-state index is 6.26. The Morgan fingerprint density at radius 3 is 2.89 bits per heavy atom. The van der Waals surface area contributed by atoms with E-state index in [0.717, 1.165) is 27.0 Å². The van der Waals surface area contributed by atoms with Gasteiger partial charge in [0.1, 0.15) is 5.75 Å². The highest BCUT2D eigenvalue weighted by atomic mass is 79.9. The SMILES string of the molecule is CCOc1ccccc1[C@H]1Nc2ccc(Br)cc2-c2nnc(SC)nc2O1. The third-order valence-corrected chi connectivity index (χ3v) is 5.10. The van der Waals surface area contributed by atoms with Crippen LogP contribution < -0.4 is 14.8 Å².